The molecule has 0 unspecified atom stereocenters. The molecule has 0 bridgehead atoms. The van der Waals surface area contributed by atoms with Crippen LogP contribution in [0.1, 0.15) is 6.92 Å². The van der Waals surface area contributed by atoms with E-state index in [-0.39, 0.29) is 11.4 Å². The summed E-state index contributed by atoms with van der Waals surface area (Å²) in [5.74, 6) is -12.0. The van der Waals surface area contributed by atoms with Gasteiger partial charge in [-0.1, -0.05) is 6.92 Å². The fourth-order valence-corrected chi connectivity index (χ4v) is 2.94. The molecule has 1 aromatic heterocycles. The van der Waals surface area contributed by atoms with Crippen LogP contribution in [0.25, 0.3) is 5.69 Å². The van der Waals surface area contributed by atoms with Crippen molar-refractivity contribution in [3.05, 3.63) is 30.6 Å². The van der Waals surface area contributed by atoms with Crippen LogP contribution in [-0.2, 0) is 0 Å². The van der Waals surface area contributed by atoms with Gasteiger partial charge in [0.2, 0.25) is 0 Å². The lowest BCUT2D eigenvalue weighted by molar-refractivity contribution is -0.358. The fraction of sp³-hybridized carbons (Fsp3) is 0.438. The minimum Gasteiger partial charge on any atom is -0.484 e. The highest BCUT2D eigenvalue weighted by molar-refractivity contribution is 7.99. The van der Waals surface area contributed by atoms with Crippen molar-refractivity contribution in [3.8, 4) is 17.2 Å². The van der Waals surface area contributed by atoms with E-state index in [0.29, 0.717) is 10.6 Å². The molecule has 1 aromatic carbocycles. The fourth-order valence-electron chi connectivity index (χ4n) is 2.12. The second kappa shape index (κ2) is 8.86. The number of alkyl halides is 9. The van der Waals surface area contributed by atoms with Gasteiger partial charge in [-0.3, -0.25) is 0 Å². The first-order valence-electron chi connectivity index (χ1n) is 8.00. The van der Waals surface area contributed by atoms with E-state index in [9.17, 15) is 39.5 Å². The zero-order chi connectivity index (χ0) is 22.7. The zero-order valence-electron chi connectivity index (χ0n) is 14.9. The highest BCUT2D eigenvalue weighted by Gasteiger charge is 2.73. The van der Waals surface area contributed by atoms with Gasteiger partial charge in [-0.05, 0) is 24.0 Å². The molecule has 4 nitrogen and oxygen atoms in total. The number of rotatable bonds is 9. The Morgan fingerprint density at radius 2 is 1.73 bits per heavy atom. The van der Waals surface area contributed by atoms with E-state index >= 15 is 0 Å². The molecular weight excluding hydrogens is 455 g/mol. The van der Waals surface area contributed by atoms with Crippen molar-refractivity contribution in [2.75, 3.05) is 12.4 Å². The van der Waals surface area contributed by atoms with E-state index in [4.69, 9.17) is 0 Å². The lowest BCUT2D eigenvalue weighted by Gasteiger charge is -2.27. The van der Waals surface area contributed by atoms with Crippen LogP contribution in [0.2, 0.25) is 0 Å². The minimum absolute atomic E-state index is 0.151. The molecule has 2 aromatic rings. The number of thioether (sulfide) groups is 1. The molecule has 14 heteroatoms. The van der Waals surface area contributed by atoms with Gasteiger partial charge in [-0.2, -0.15) is 44.6 Å². The van der Waals surface area contributed by atoms with Gasteiger partial charge in [0.1, 0.15) is 5.75 Å². The van der Waals surface area contributed by atoms with Gasteiger partial charge < -0.3 is 9.47 Å². The third-order valence-electron chi connectivity index (χ3n) is 3.50. The van der Waals surface area contributed by atoms with Crippen molar-refractivity contribution in [2.24, 2.45) is 0 Å². The molecule has 0 N–H and O–H groups in total. The van der Waals surface area contributed by atoms with Crippen molar-refractivity contribution < 1.29 is 49.0 Å². The van der Waals surface area contributed by atoms with Gasteiger partial charge in [-0.15, -0.1) is 11.8 Å². The normalized spacial score (nSPS) is 13.0. The molecule has 1 heterocycles. The van der Waals surface area contributed by atoms with E-state index in [1.54, 1.807) is 6.92 Å². The number of halogens is 9. The summed E-state index contributed by atoms with van der Waals surface area (Å²) in [6.07, 6.45) is -4.67. The molecule has 0 radical (unpaired) electrons. The molecule has 0 fully saturated rings. The van der Waals surface area contributed by atoms with E-state index < -0.39 is 37.0 Å². The topological polar surface area (TPSA) is 36.3 Å². The summed E-state index contributed by atoms with van der Waals surface area (Å²) in [6, 6.07) is 3.77. The SMILES string of the molecule is CCSc1cc(OC(F)F)ccc1-n1cc(OCC(F)(F)C(F)(F)C(F)(F)F)cn1. The lowest BCUT2D eigenvalue weighted by atomic mass is 10.2. The molecule has 0 saturated heterocycles. The van der Waals surface area contributed by atoms with Crippen LogP contribution in [0.3, 0.4) is 0 Å². The molecule has 0 aliphatic rings. The second-order valence-corrected chi connectivity index (χ2v) is 6.93. The summed E-state index contributed by atoms with van der Waals surface area (Å²) in [4.78, 5) is 0.402. The lowest BCUT2D eigenvalue weighted by Crippen LogP contribution is -2.54. The molecule has 0 atom stereocenters. The Labute approximate surface area is 167 Å². The van der Waals surface area contributed by atoms with E-state index in [1.165, 1.54) is 30.0 Å². The Balaban J connectivity index is 2.20. The maximum Gasteiger partial charge on any atom is 0.460 e. The Bertz CT molecular complexity index is 855. The first kappa shape index (κ1) is 24.0. The molecule has 2 rings (SSSR count). The Morgan fingerprint density at radius 1 is 1.07 bits per heavy atom. The third kappa shape index (κ3) is 5.26. The van der Waals surface area contributed by atoms with E-state index in [2.05, 4.69) is 14.6 Å². The summed E-state index contributed by atoms with van der Waals surface area (Å²) in [6.45, 7) is -3.55. The van der Waals surface area contributed by atoms with Crippen molar-refractivity contribution >= 4 is 11.8 Å². The zero-order valence-corrected chi connectivity index (χ0v) is 15.7. The van der Waals surface area contributed by atoms with Crippen molar-refractivity contribution in [1.29, 1.82) is 0 Å². The van der Waals surface area contributed by atoms with Gasteiger partial charge in [0.05, 0.1) is 18.1 Å². The number of nitrogens with zero attached hydrogens (tertiary/aromatic N) is 2. The second-order valence-electron chi connectivity index (χ2n) is 5.63. The number of hydrogen-bond acceptors (Lipinski definition) is 4. The molecule has 0 spiro atoms. The van der Waals surface area contributed by atoms with Gasteiger partial charge in [0.15, 0.2) is 12.4 Å². The Hall–Kier alpha value is -2.25. The van der Waals surface area contributed by atoms with Crippen molar-refractivity contribution in [1.82, 2.24) is 9.78 Å². The van der Waals surface area contributed by atoms with E-state index in [0.717, 1.165) is 17.1 Å². The van der Waals surface area contributed by atoms with Crippen LogP contribution in [0.5, 0.6) is 11.5 Å². The number of benzene rings is 1. The Morgan fingerprint density at radius 3 is 2.30 bits per heavy atom. The monoisotopic (exact) mass is 468 g/mol. The highest BCUT2D eigenvalue weighted by atomic mass is 32.2. The summed E-state index contributed by atoms with van der Waals surface area (Å²) < 4.78 is 123. The van der Waals surface area contributed by atoms with Crippen LogP contribution >= 0.6 is 11.8 Å². The highest BCUT2D eigenvalue weighted by Crippen LogP contribution is 2.46. The summed E-state index contributed by atoms with van der Waals surface area (Å²) in [7, 11) is 0. The van der Waals surface area contributed by atoms with Crippen LogP contribution < -0.4 is 9.47 Å². The Kier molecular flexibility index (Phi) is 7.09. The van der Waals surface area contributed by atoms with Gasteiger partial charge in [0.25, 0.3) is 0 Å². The van der Waals surface area contributed by atoms with Crippen molar-refractivity contribution in [3.63, 3.8) is 0 Å². The van der Waals surface area contributed by atoms with Gasteiger partial charge in [0, 0.05) is 4.90 Å². The maximum absolute atomic E-state index is 13.3. The van der Waals surface area contributed by atoms with Gasteiger partial charge >= 0.3 is 24.6 Å². The van der Waals surface area contributed by atoms with Crippen LogP contribution in [0.15, 0.2) is 35.5 Å². The average molecular weight is 468 g/mol. The third-order valence-corrected chi connectivity index (χ3v) is 4.42. The standard InChI is InChI=1S/C16H13F9N2O2S/c1-2-30-12-5-9(29-13(17)18)3-4-11(12)27-7-10(6-26-27)28-8-14(19,20)15(21,22)16(23,24)25/h3-7,13H,2,8H2,1H3. The molecule has 168 valence electrons. The maximum atomic E-state index is 13.3. The smallest absolute Gasteiger partial charge is 0.460 e. The van der Waals surface area contributed by atoms with Crippen LogP contribution in [0, 0.1) is 0 Å². The van der Waals surface area contributed by atoms with Crippen LogP contribution in [0.4, 0.5) is 39.5 Å². The summed E-state index contributed by atoms with van der Waals surface area (Å²) >= 11 is 1.20. The average Bonchev–Trinajstić information content (AvgIpc) is 3.08. The molecule has 30 heavy (non-hydrogen) atoms. The van der Waals surface area contributed by atoms with E-state index in [1.807, 2.05) is 0 Å². The molecule has 0 aliphatic heterocycles. The van der Waals surface area contributed by atoms with Gasteiger partial charge in [-0.25, -0.2) is 4.68 Å². The predicted octanol–water partition coefficient (Wildman–Crippen LogP) is 5.80. The summed E-state index contributed by atoms with van der Waals surface area (Å²) in [5, 5.41) is 3.77. The predicted molar refractivity (Wildman–Crippen MR) is 88.0 cm³/mol. The van der Waals surface area contributed by atoms with Crippen molar-refractivity contribution in [2.45, 2.75) is 36.5 Å². The first-order chi connectivity index (χ1) is 13.8. The number of hydrogen-bond donors (Lipinski definition) is 0. The number of aromatic nitrogens is 2. The minimum atomic E-state index is -6.46. The largest absolute Gasteiger partial charge is 0.484 e. The summed E-state index contributed by atoms with van der Waals surface area (Å²) in [5.41, 5.74) is 0.283. The molecular formula is C16H13F9N2O2S. The molecule has 0 aliphatic carbocycles. The quantitative estimate of drug-likeness (QED) is 0.345. The molecule has 0 saturated carbocycles. The molecule has 0 amide bonds. The van der Waals surface area contributed by atoms with Crippen LogP contribution in [-0.4, -0.2) is 46.8 Å². The first-order valence-corrected chi connectivity index (χ1v) is 8.99. The number of ether oxygens (including phenoxy) is 2.